The minimum Gasteiger partial charge on any atom is -0.368 e. The fourth-order valence-electron chi connectivity index (χ4n) is 4.88. The molecular formula is C31H31ClN2O2. The van der Waals surface area contributed by atoms with E-state index in [9.17, 15) is 4.79 Å². The molecular weight excluding hydrogens is 468 g/mol. The average Bonchev–Trinajstić information content (AvgIpc) is 2.91. The molecule has 184 valence electrons. The van der Waals surface area contributed by atoms with Crippen molar-refractivity contribution in [3.63, 3.8) is 0 Å². The molecule has 4 aromatic rings. The summed E-state index contributed by atoms with van der Waals surface area (Å²) in [6, 6.07) is 30.4. The van der Waals surface area contributed by atoms with Crippen LogP contribution in [0.5, 0.6) is 0 Å². The van der Waals surface area contributed by atoms with Gasteiger partial charge in [-0.25, -0.2) is 0 Å². The molecule has 36 heavy (non-hydrogen) atoms. The lowest BCUT2D eigenvalue weighted by Crippen LogP contribution is -2.49. The van der Waals surface area contributed by atoms with Crippen molar-refractivity contribution < 1.29 is 9.53 Å². The molecule has 0 N–H and O–H groups in total. The Labute approximate surface area is 218 Å². The number of piperazine rings is 1. The van der Waals surface area contributed by atoms with Crippen LogP contribution < -0.4 is 0 Å². The summed E-state index contributed by atoms with van der Waals surface area (Å²) < 4.78 is 6.44. The highest BCUT2D eigenvalue weighted by Gasteiger charge is 2.25. The Balaban J connectivity index is 1.24. The molecule has 0 aromatic heterocycles. The molecule has 4 aromatic carbocycles. The lowest BCUT2D eigenvalue weighted by atomic mass is 10.0. The van der Waals surface area contributed by atoms with E-state index in [1.54, 1.807) is 0 Å². The average molecular weight is 499 g/mol. The smallest absolute Gasteiger partial charge is 0.254 e. The van der Waals surface area contributed by atoms with Crippen LogP contribution in [0.15, 0.2) is 91.0 Å². The van der Waals surface area contributed by atoms with Crippen LogP contribution in [0.1, 0.15) is 33.2 Å². The van der Waals surface area contributed by atoms with Crippen molar-refractivity contribution in [2.75, 3.05) is 32.7 Å². The van der Waals surface area contributed by atoms with E-state index in [1.807, 2.05) is 59.5 Å². The van der Waals surface area contributed by atoms with Gasteiger partial charge in [0.25, 0.3) is 5.91 Å². The summed E-state index contributed by atoms with van der Waals surface area (Å²) in [6.07, 6.45) is -0.0805. The molecule has 1 aliphatic heterocycles. The van der Waals surface area contributed by atoms with Gasteiger partial charge in [0.1, 0.15) is 0 Å². The van der Waals surface area contributed by atoms with Gasteiger partial charge in [-0.2, -0.15) is 0 Å². The number of amides is 1. The molecule has 0 unspecified atom stereocenters. The van der Waals surface area contributed by atoms with E-state index in [0.717, 1.165) is 46.6 Å². The fraction of sp³-hybridized carbons (Fsp3) is 0.258. The van der Waals surface area contributed by atoms with Gasteiger partial charge in [-0.05, 0) is 47.0 Å². The van der Waals surface area contributed by atoms with Gasteiger partial charge in [-0.15, -0.1) is 0 Å². The summed E-state index contributed by atoms with van der Waals surface area (Å²) in [6.45, 7) is 6.45. The first-order chi connectivity index (χ1) is 17.6. The largest absolute Gasteiger partial charge is 0.368 e. The monoisotopic (exact) mass is 498 g/mol. The first-order valence-corrected chi connectivity index (χ1v) is 12.9. The van der Waals surface area contributed by atoms with Crippen molar-refractivity contribution in [3.05, 3.63) is 118 Å². The predicted octanol–water partition coefficient (Wildman–Crippen LogP) is 6.52. The lowest BCUT2D eigenvalue weighted by Gasteiger charge is -2.36. The molecule has 0 radical (unpaired) electrons. The maximum Gasteiger partial charge on any atom is 0.254 e. The highest BCUT2D eigenvalue weighted by atomic mass is 35.5. The van der Waals surface area contributed by atoms with Gasteiger partial charge >= 0.3 is 0 Å². The van der Waals surface area contributed by atoms with Crippen LogP contribution in [0.3, 0.4) is 0 Å². The number of benzene rings is 4. The van der Waals surface area contributed by atoms with E-state index < -0.39 is 0 Å². The van der Waals surface area contributed by atoms with E-state index in [4.69, 9.17) is 16.3 Å². The molecule has 0 saturated carbocycles. The topological polar surface area (TPSA) is 32.8 Å². The van der Waals surface area contributed by atoms with Crippen molar-refractivity contribution in [1.82, 2.24) is 9.80 Å². The Bertz CT molecular complexity index is 1320. The highest BCUT2D eigenvalue weighted by molar-refractivity contribution is 6.30. The van der Waals surface area contributed by atoms with Gasteiger partial charge in [0, 0.05) is 43.3 Å². The van der Waals surface area contributed by atoms with E-state index in [1.165, 1.54) is 11.1 Å². The third kappa shape index (κ3) is 5.79. The van der Waals surface area contributed by atoms with Crippen LogP contribution in [0.2, 0.25) is 5.02 Å². The van der Waals surface area contributed by atoms with Crippen molar-refractivity contribution in [3.8, 4) is 0 Å². The molecule has 0 spiro atoms. The normalized spacial score (nSPS) is 15.2. The molecule has 1 heterocycles. The number of carbonyl (C=O) groups is 1. The zero-order valence-corrected chi connectivity index (χ0v) is 21.3. The molecule has 5 heteroatoms. The van der Waals surface area contributed by atoms with E-state index in [-0.39, 0.29) is 12.0 Å². The number of carbonyl (C=O) groups excluding carboxylic acids is 1. The number of aryl methyl sites for hydroxylation is 1. The number of hydrogen-bond acceptors (Lipinski definition) is 3. The fourth-order valence-corrected chi connectivity index (χ4v) is 5.01. The van der Waals surface area contributed by atoms with Gasteiger partial charge in [-0.1, -0.05) is 90.0 Å². The summed E-state index contributed by atoms with van der Waals surface area (Å²) >= 11 is 6.14. The standard InChI is InChI=1S/C31H31ClN2O2/c1-23-6-4-7-24(20-23)22-36-30(26-12-14-27(32)15-13-26)21-33-16-18-34(19-17-33)31(35)29-11-5-9-25-8-2-3-10-28(25)29/h2-15,20,30H,16-19,21-22H2,1H3/t30-/m1/s1. The lowest BCUT2D eigenvalue weighted by molar-refractivity contribution is 0.00343. The second-order valence-corrected chi connectivity index (χ2v) is 9.90. The number of rotatable bonds is 7. The van der Waals surface area contributed by atoms with Crippen molar-refractivity contribution in [2.24, 2.45) is 0 Å². The number of hydrogen-bond donors (Lipinski definition) is 0. The van der Waals surface area contributed by atoms with Crippen LogP contribution in [-0.2, 0) is 11.3 Å². The minimum absolute atomic E-state index is 0.0805. The third-order valence-corrected chi connectivity index (χ3v) is 7.13. The first kappa shape index (κ1) is 24.5. The van der Waals surface area contributed by atoms with Crippen molar-refractivity contribution in [1.29, 1.82) is 0 Å². The number of fused-ring (bicyclic) bond motifs is 1. The second-order valence-electron chi connectivity index (χ2n) is 9.46. The van der Waals surface area contributed by atoms with E-state index in [2.05, 4.69) is 48.2 Å². The molecule has 4 nitrogen and oxygen atoms in total. The van der Waals surface area contributed by atoms with Crippen molar-refractivity contribution in [2.45, 2.75) is 19.6 Å². The second kappa shape index (κ2) is 11.3. The first-order valence-electron chi connectivity index (χ1n) is 12.5. The summed E-state index contributed by atoms with van der Waals surface area (Å²) in [5.74, 6) is 0.108. The number of halogens is 1. The summed E-state index contributed by atoms with van der Waals surface area (Å²) in [5.41, 5.74) is 4.29. The van der Waals surface area contributed by atoms with Gasteiger partial charge in [0.2, 0.25) is 0 Å². The van der Waals surface area contributed by atoms with Crippen molar-refractivity contribution >= 4 is 28.3 Å². The molecule has 1 fully saturated rings. The van der Waals surface area contributed by atoms with Gasteiger partial charge in [0.15, 0.2) is 0 Å². The Morgan fingerprint density at radius 3 is 2.39 bits per heavy atom. The highest BCUT2D eigenvalue weighted by Crippen LogP contribution is 2.25. The molecule has 1 saturated heterocycles. The van der Waals surface area contributed by atoms with E-state index in [0.29, 0.717) is 19.7 Å². The minimum atomic E-state index is -0.0805. The van der Waals surface area contributed by atoms with E-state index >= 15 is 0 Å². The molecule has 1 aliphatic rings. The Hall–Kier alpha value is -3.18. The molecule has 0 bridgehead atoms. The summed E-state index contributed by atoms with van der Waals surface area (Å²) in [7, 11) is 0. The molecule has 1 amide bonds. The molecule has 1 atom stereocenters. The van der Waals surface area contributed by atoms with Gasteiger partial charge < -0.3 is 9.64 Å². The van der Waals surface area contributed by atoms with Gasteiger partial charge in [0.05, 0.1) is 12.7 Å². The quantitative estimate of drug-likeness (QED) is 0.291. The number of ether oxygens (including phenoxy) is 1. The SMILES string of the molecule is Cc1cccc(CO[C@H](CN2CCN(C(=O)c3cccc4ccccc34)CC2)c2ccc(Cl)cc2)c1. The van der Waals surface area contributed by atoms with Crippen LogP contribution in [0.25, 0.3) is 10.8 Å². The van der Waals surface area contributed by atoms with Crippen LogP contribution >= 0.6 is 11.6 Å². The molecule has 0 aliphatic carbocycles. The summed E-state index contributed by atoms with van der Waals surface area (Å²) in [5, 5.41) is 2.83. The predicted molar refractivity (Wildman–Crippen MR) is 146 cm³/mol. The van der Waals surface area contributed by atoms with Crippen LogP contribution in [0, 0.1) is 6.92 Å². The Morgan fingerprint density at radius 2 is 1.61 bits per heavy atom. The maximum atomic E-state index is 13.4. The summed E-state index contributed by atoms with van der Waals surface area (Å²) in [4.78, 5) is 17.7. The van der Waals surface area contributed by atoms with Gasteiger partial charge in [-0.3, -0.25) is 9.69 Å². The zero-order chi connectivity index (χ0) is 24.9. The zero-order valence-electron chi connectivity index (χ0n) is 20.6. The molecule has 5 rings (SSSR count). The van der Waals surface area contributed by atoms with Crippen LogP contribution in [0.4, 0.5) is 0 Å². The Morgan fingerprint density at radius 1 is 0.889 bits per heavy atom. The van der Waals surface area contributed by atoms with Crippen LogP contribution in [-0.4, -0.2) is 48.4 Å². The Kier molecular flexibility index (Phi) is 7.66. The third-order valence-electron chi connectivity index (χ3n) is 6.88. The number of nitrogens with zero attached hydrogens (tertiary/aromatic N) is 2. The maximum absolute atomic E-state index is 13.4.